The van der Waals surface area contributed by atoms with E-state index in [1.165, 1.54) is 4.52 Å². The quantitative estimate of drug-likeness (QED) is 0.695. The number of esters is 1. The zero-order valence-electron chi connectivity index (χ0n) is 12.8. The molecule has 23 heavy (non-hydrogen) atoms. The Morgan fingerprint density at radius 2 is 2.09 bits per heavy atom. The Bertz CT molecular complexity index is 923. The van der Waals surface area contributed by atoms with Crippen LogP contribution in [0.15, 0.2) is 36.5 Å². The maximum atomic E-state index is 12.1. The second-order valence-electron chi connectivity index (χ2n) is 4.91. The van der Waals surface area contributed by atoms with Crippen molar-refractivity contribution in [3.05, 3.63) is 53.3 Å². The highest BCUT2D eigenvalue weighted by Gasteiger charge is 2.24. The Hall–Kier alpha value is -3.20. The van der Waals surface area contributed by atoms with Crippen molar-refractivity contribution < 1.29 is 9.53 Å². The molecule has 0 bridgehead atoms. The number of ether oxygens (including phenoxy) is 1. The molecule has 114 valence electrons. The van der Waals surface area contributed by atoms with Crippen molar-refractivity contribution >= 4 is 11.6 Å². The molecule has 0 aliphatic heterocycles. The molecule has 0 unspecified atom stereocenters. The summed E-state index contributed by atoms with van der Waals surface area (Å²) in [4.78, 5) is 16.6. The molecule has 3 aromatic rings. The number of carbonyl (C=O) groups excluding carboxylic acids is 1. The Labute approximate surface area is 133 Å². The van der Waals surface area contributed by atoms with Gasteiger partial charge in [0, 0.05) is 5.56 Å². The first-order valence-electron chi connectivity index (χ1n) is 7.18. The number of hydrogen-bond donors (Lipinski definition) is 0. The largest absolute Gasteiger partial charge is 0.462 e. The summed E-state index contributed by atoms with van der Waals surface area (Å²) in [7, 11) is 0. The molecule has 0 atom stereocenters. The monoisotopic (exact) mass is 306 g/mol. The summed E-state index contributed by atoms with van der Waals surface area (Å²) in [5.41, 5.74) is 2.84. The molecule has 0 aliphatic rings. The van der Waals surface area contributed by atoms with E-state index in [2.05, 4.69) is 16.2 Å². The van der Waals surface area contributed by atoms with Crippen molar-refractivity contribution in [3.63, 3.8) is 0 Å². The molecule has 0 saturated carbocycles. The lowest BCUT2D eigenvalue weighted by molar-refractivity contribution is 0.0525. The average molecular weight is 306 g/mol. The summed E-state index contributed by atoms with van der Waals surface area (Å²) in [6, 6.07) is 11.6. The molecule has 0 fully saturated rings. The van der Waals surface area contributed by atoms with Gasteiger partial charge in [-0.3, -0.25) is 0 Å². The van der Waals surface area contributed by atoms with Crippen LogP contribution in [0.2, 0.25) is 0 Å². The van der Waals surface area contributed by atoms with Gasteiger partial charge in [0.05, 0.1) is 24.2 Å². The Balaban J connectivity index is 2.24. The Morgan fingerprint density at radius 3 is 2.74 bits per heavy atom. The van der Waals surface area contributed by atoms with Gasteiger partial charge in [-0.1, -0.05) is 30.3 Å². The lowest BCUT2D eigenvalue weighted by atomic mass is 10.1. The Kier molecular flexibility index (Phi) is 3.77. The van der Waals surface area contributed by atoms with Crippen molar-refractivity contribution in [2.45, 2.75) is 13.8 Å². The van der Waals surface area contributed by atoms with Gasteiger partial charge in [-0.2, -0.15) is 10.4 Å². The fourth-order valence-electron chi connectivity index (χ4n) is 2.47. The number of aromatic nitrogens is 3. The third-order valence-electron chi connectivity index (χ3n) is 3.54. The highest BCUT2D eigenvalue weighted by atomic mass is 16.5. The van der Waals surface area contributed by atoms with Gasteiger partial charge in [-0.25, -0.2) is 14.3 Å². The predicted octanol–water partition coefficient (Wildman–Crippen LogP) is 2.75. The lowest BCUT2D eigenvalue weighted by Gasteiger charge is -2.02. The molecule has 6 nitrogen and oxygen atoms in total. The number of carbonyl (C=O) groups is 1. The van der Waals surface area contributed by atoms with E-state index in [9.17, 15) is 10.1 Å². The highest BCUT2D eigenvalue weighted by Crippen LogP contribution is 2.24. The van der Waals surface area contributed by atoms with Crippen molar-refractivity contribution in [1.82, 2.24) is 14.6 Å². The molecule has 0 saturated heterocycles. The molecule has 0 aliphatic carbocycles. The lowest BCUT2D eigenvalue weighted by Crippen LogP contribution is -2.07. The second kappa shape index (κ2) is 5.89. The highest BCUT2D eigenvalue weighted by molar-refractivity contribution is 5.96. The van der Waals surface area contributed by atoms with Crippen LogP contribution in [0, 0.1) is 18.3 Å². The van der Waals surface area contributed by atoms with Gasteiger partial charge in [0.15, 0.2) is 5.65 Å². The first-order chi connectivity index (χ1) is 11.2. The SMILES string of the molecule is CCOC(=O)c1c(C#N)c2nc(-c3ccccc3)cnn2c1C. The number of fused-ring (bicyclic) bond motifs is 1. The van der Waals surface area contributed by atoms with E-state index < -0.39 is 5.97 Å². The summed E-state index contributed by atoms with van der Waals surface area (Å²) in [5.74, 6) is -0.532. The molecule has 1 aromatic carbocycles. The average Bonchev–Trinajstić information content (AvgIpc) is 2.87. The summed E-state index contributed by atoms with van der Waals surface area (Å²) in [6.07, 6.45) is 1.62. The zero-order chi connectivity index (χ0) is 16.4. The number of nitrogens with zero attached hydrogens (tertiary/aromatic N) is 4. The standard InChI is InChI=1S/C17H14N4O2/c1-3-23-17(22)15-11(2)21-16(13(15)9-18)20-14(10-19-21)12-7-5-4-6-8-12/h4-8,10H,3H2,1-2H3. The van der Waals surface area contributed by atoms with Gasteiger partial charge >= 0.3 is 5.97 Å². The van der Waals surface area contributed by atoms with Gasteiger partial charge in [0.2, 0.25) is 0 Å². The number of rotatable bonds is 3. The maximum Gasteiger partial charge on any atom is 0.341 e. The van der Waals surface area contributed by atoms with E-state index in [-0.39, 0.29) is 17.7 Å². The fourth-order valence-corrected chi connectivity index (χ4v) is 2.47. The Morgan fingerprint density at radius 1 is 1.35 bits per heavy atom. The summed E-state index contributed by atoms with van der Waals surface area (Å²) >= 11 is 0. The first kappa shape index (κ1) is 14.7. The molecular formula is C17H14N4O2. The molecule has 2 aromatic heterocycles. The van der Waals surface area contributed by atoms with E-state index in [1.54, 1.807) is 20.0 Å². The molecule has 3 rings (SSSR count). The minimum absolute atomic E-state index is 0.186. The second-order valence-corrected chi connectivity index (χ2v) is 4.91. The van der Waals surface area contributed by atoms with Gasteiger partial charge in [-0.15, -0.1) is 0 Å². The summed E-state index contributed by atoms with van der Waals surface area (Å²) in [5, 5.41) is 13.8. The topological polar surface area (TPSA) is 80.3 Å². The van der Waals surface area contributed by atoms with Gasteiger partial charge in [0.1, 0.15) is 17.2 Å². The van der Waals surface area contributed by atoms with E-state index in [0.717, 1.165) is 5.56 Å². The van der Waals surface area contributed by atoms with Crippen LogP contribution >= 0.6 is 0 Å². The van der Waals surface area contributed by atoms with Crippen LogP contribution in [0.25, 0.3) is 16.9 Å². The number of hydrogen-bond acceptors (Lipinski definition) is 5. The number of nitriles is 1. The van der Waals surface area contributed by atoms with E-state index in [1.807, 2.05) is 30.3 Å². The molecule has 0 N–H and O–H groups in total. The third kappa shape index (κ3) is 2.42. The molecule has 6 heteroatoms. The predicted molar refractivity (Wildman–Crippen MR) is 83.8 cm³/mol. The smallest absolute Gasteiger partial charge is 0.341 e. The van der Waals surface area contributed by atoms with Crippen molar-refractivity contribution in [1.29, 1.82) is 5.26 Å². The molecular weight excluding hydrogens is 292 g/mol. The zero-order valence-corrected chi connectivity index (χ0v) is 12.8. The van der Waals surface area contributed by atoms with Crippen LogP contribution in [-0.4, -0.2) is 27.2 Å². The molecule has 0 radical (unpaired) electrons. The number of benzene rings is 1. The van der Waals surface area contributed by atoms with Crippen LogP contribution in [0.3, 0.4) is 0 Å². The number of aryl methyl sites for hydroxylation is 1. The van der Waals surface area contributed by atoms with Crippen LogP contribution in [0.4, 0.5) is 0 Å². The van der Waals surface area contributed by atoms with Crippen molar-refractivity contribution in [2.24, 2.45) is 0 Å². The molecule has 0 amide bonds. The van der Waals surface area contributed by atoms with Gasteiger partial charge in [0.25, 0.3) is 0 Å². The van der Waals surface area contributed by atoms with E-state index in [0.29, 0.717) is 17.0 Å². The van der Waals surface area contributed by atoms with Crippen LogP contribution < -0.4 is 0 Å². The first-order valence-corrected chi connectivity index (χ1v) is 7.18. The van der Waals surface area contributed by atoms with Crippen LogP contribution in [0.5, 0.6) is 0 Å². The molecule has 2 heterocycles. The fraction of sp³-hybridized carbons (Fsp3) is 0.176. The maximum absolute atomic E-state index is 12.1. The van der Waals surface area contributed by atoms with Crippen molar-refractivity contribution in [2.75, 3.05) is 6.61 Å². The minimum atomic E-state index is -0.532. The van der Waals surface area contributed by atoms with Crippen molar-refractivity contribution in [3.8, 4) is 17.3 Å². The van der Waals surface area contributed by atoms with E-state index in [4.69, 9.17) is 4.74 Å². The summed E-state index contributed by atoms with van der Waals surface area (Å²) < 4.78 is 6.53. The molecule has 0 spiro atoms. The van der Waals surface area contributed by atoms with Gasteiger partial charge in [-0.05, 0) is 13.8 Å². The van der Waals surface area contributed by atoms with Gasteiger partial charge < -0.3 is 4.74 Å². The summed E-state index contributed by atoms with van der Waals surface area (Å²) in [6.45, 7) is 3.68. The normalized spacial score (nSPS) is 10.5. The van der Waals surface area contributed by atoms with Crippen LogP contribution in [-0.2, 0) is 4.74 Å². The van der Waals surface area contributed by atoms with E-state index >= 15 is 0 Å². The minimum Gasteiger partial charge on any atom is -0.462 e. The van der Waals surface area contributed by atoms with Crippen LogP contribution in [0.1, 0.15) is 28.5 Å². The third-order valence-corrected chi connectivity index (χ3v) is 3.54.